The lowest BCUT2D eigenvalue weighted by Crippen LogP contribution is -2.45. The molecule has 24 heavy (non-hydrogen) atoms. The van der Waals surface area contributed by atoms with Gasteiger partial charge in [-0.3, -0.25) is 4.79 Å². The van der Waals surface area contributed by atoms with E-state index >= 15 is 0 Å². The van der Waals surface area contributed by atoms with E-state index in [9.17, 15) is 10.1 Å². The normalized spacial score (nSPS) is 16.5. The predicted molar refractivity (Wildman–Crippen MR) is 95.0 cm³/mol. The number of likely N-dealkylation sites (N-methyl/N-ethyl adjacent to an activating group) is 1. The van der Waals surface area contributed by atoms with Crippen LogP contribution in [0, 0.1) is 18.3 Å². The number of carbonyl (C=O) groups is 1. The number of amides is 1. The molecule has 0 bridgehead atoms. The van der Waals surface area contributed by atoms with Crippen molar-refractivity contribution >= 4 is 5.91 Å². The number of nitriles is 1. The van der Waals surface area contributed by atoms with Crippen LogP contribution in [0.3, 0.4) is 0 Å². The van der Waals surface area contributed by atoms with Gasteiger partial charge in [0, 0.05) is 25.8 Å². The van der Waals surface area contributed by atoms with E-state index in [1.807, 2.05) is 37.3 Å². The largest absolute Gasteiger partial charge is 0.386 e. The Bertz CT molecular complexity index is 622. The zero-order valence-electron chi connectivity index (χ0n) is 14.7. The molecule has 0 radical (unpaired) electrons. The molecule has 0 aromatic heterocycles. The number of nitrogens with zero attached hydrogens (tertiary/aromatic N) is 3. The summed E-state index contributed by atoms with van der Waals surface area (Å²) in [5.74, 6) is -0.205. The van der Waals surface area contributed by atoms with Crippen molar-refractivity contribution in [3.63, 3.8) is 0 Å². The van der Waals surface area contributed by atoms with Gasteiger partial charge in [-0.25, -0.2) is 0 Å². The molecule has 128 valence electrons. The minimum Gasteiger partial charge on any atom is -0.386 e. The highest BCUT2D eigenvalue weighted by molar-refractivity contribution is 5.97. The van der Waals surface area contributed by atoms with Crippen LogP contribution in [0.2, 0.25) is 0 Å². The van der Waals surface area contributed by atoms with Crippen LogP contribution in [-0.2, 0) is 11.3 Å². The summed E-state index contributed by atoms with van der Waals surface area (Å²) < 4.78 is 0. The molecule has 1 heterocycles. The molecule has 5 nitrogen and oxygen atoms in total. The fourth-order valence-electron chi connectivity index (χ4n) is 2.86. The number of hydrogen-bond donors (Lipinski definition) is 1. The highest BCUT2D eigenvalue weighted by atomic mass is 16.2. The van der Waals surface area contributed by atoms with Crippen LogP contribution in [0.25, 0.3) is 0 Å². The molecule has 0 unspecified atom stereocenters. The van der Waals surface area contributed by atoms with Crippen LogP contribution < -0.4 is 5.32 Å². The molecule has 0 spiro atoms. The number of likely N-dealkylation sites (tertiary alicyclic amines) is 1. The second-order valence-corrected chi connectivity index (χ2v) is 6.49. The minimum atomic E-state index is -0.205. The van der Waals surface area contributed by atoms with E-state index in [-0.39, 0.29) is 17.5 Å². The van der Waals surface area contributed by atoms with Gasteiger partial charge < -0.3 is 15.1 Å². The van der Waals surface area contributed by atoms with Crippen LogP contribution in [-0.4, -0.2) is 48.9 Å². The predicted octanol–water partition coefficient (Wildman–Crippen LogP) is 2.04. The number of piperidine rings is 1. The molecule has 1 aliphatic heterocycles. The van der Waals surface area contributed by atoms with Crippen molar-refractivity contribution in [2.45, 2.75) is 32.4 Å². The van der Waals surface area contributed by atoms with Crippen molar-refractivity contribution in [2.75, 3.05) is 27.2 Å². The van der Waals surface area contributed by atoms with Gasteiger partial charge in [0.05, 0.1) is 0 Å². The third-order valence-corrected chi connectivity index (χ3v) is 4.58. The lowest BCUT2D eigenvalue weighted by molar-refractivity contribution is -0.128. The third kappa shape index (κ3) is 4.84. The van der Waals surface area contributed by atoms with Gasteiger partial charge in [0.15, 0.2) is 0 Å². The maximum absolute atomic E-state index is 12.5. The first-order valence-electron chi connectivity index (χ1n) is 8.36. The molecular weight excluding hydrogens is 300 g/mol. The van der Waals surface area contributed by atoms with Gasteiger partial charge in [0.1, 0.15) is 11.6 Å². The summed E-state index contributed by atoms with van der Waals surface area (Å²) in [6.07, 6.45) is 3.44. The van der Waals surface area contributed by atoms with E-state index in [0.29, 0.717) is 6.54 Å². The molecule has 0 saturated carbocycles. The molecule has 1 fully saturated rings. The lowest BCUT2D eigenvalue weighted by atomic mass is 10.0. The zero-order chi connectivity index (χ0) is 17.5. The Morgan fingerprint density at radius 3 is 2.58 bits per heavy atom. The molecule has 1 aliphatic rings. The third-order valence-electron chi connectivity index (χ3n) is 4.58. The van der Waals surface area contributed by atoms with E-state index in [4.69, 9.17) is 0 Å². The number of carbonyl (C=O) groups excluding carboxylic acids is 1. The molecule has 1 amide bonds. The van der Waals surface area contributed by atoms with Gasteiger partial charge in [-0.2, -0.15) is 5.26 Å². The monoisotopic (exact) mass is 326 g/mol. The molecule has 1 saturated heterocycles. The first-order valence-corrected chi connectivity index (χ1v) is 8.36. The maximum Gasteiger partial charge on any atom is 0.265 e. The standard InChI is InChI=1S/C19H26N4O/c1-15-4-6-16(7-5-15)13-21-14-17(12-20)19(24)23(3)18-8-10-22(2)11-9-18/h4-7,14,18,21H,8-11,13H2,1-3H3/b17-14-. The molecule has 1 aromatic rings. The fourth-order valence-corrected chi connectivity index (χ4v) is 2.86. The SMILES string of the molecule is Cc1ccc(CN/C=C(/C#N)C(=O)N(C)C2CCN(C)CC2)cc1. The molecular formula is C19H26N4O. The Labute approximate surface area is 144 Å². The van der Waals surface area contributed by atoms with Crippen molar-refractivity contribution in [3.8, 4) is 6.07 Å². The van der Waals surface area contributed by atoms with Gasteiger partial charge in [-0.15, -0.1) is 0 Å². The molecule has 0 aliphatic carbocycles. The van der Waals surface area contributed by atoms with Crippen LogP contribution in [0.4, 0.5) is 0 Å². The maximum atomic E-state index is 12.5. The van der Waals surface area contributed by atoms with Crippen molar-refractivity contribution in [1.29, 1.82) is 5.26 Å². The number of nitrogens with one attached hydrogen (secondary N) is 1. The Kier molecular flexibility index (Phi) is 6.39. The van der Waals surface area contributed by atoms with E-state index in [1.165, 1.54) is 11.8 Å². The summed E-state index contributed by atoms with van der Waals surface area (Å²) in [7, 11) is 3.89. The van der Waals surface area contributed by atoms with E-state index in [2.05, 4.69) is 17.3 Å². The summed E-state index contributed by atoms with van der Waals surface area (Å²) in [5, 5.41) is 12.4. The number of benzene rings is 1. The van der Waals surface area contributed by atoms with Gasteiger partial charge in [0.2, 0.25) is 0 Å². The molecule has 1 N–H and O–H groups in total. The minimum absolute atomic E-state index is 0.156. The van der Waals surface area contributed by atoms with Gasteiger partial charge in [0.25, 0.3) is 5.91 Å². The van der Waals surface area contributed by atoms with Crippen LogP contribution in [0.1, 0.15) is 24.0 Å². The number of rotatable bonds is 5. The Morgan fingerprint density at radius 1 is 1.38 bits per heavy atom. The van der Waals surface area contributed by atoms with Gasteiger partial charge >= 0.3 is 0 Å². The molecule has 5 heteroatoms. The van der Waals surface area contributed by atoms with Gasteiger partial charge in [-0.1, -0.05) is 29.8 Å². The Morgan fingerprint density at radius 2 is 2.00 bits per heavy atom. The van der Waals surface area contributed by atoms with Gasteiger partial charge in [-0.05, 0) is 45.5 Å². The second kappa shape index (κ2) is 8.51. The van der Waals surface area contributed by atoms with Crippen molar-refractivity contribution in [1.82, 2.24) is 15.1 Å². The van der Waals surface area contributed by atoms with E-state index < -0.39 is 0 Å². The molecule has 2 rings (SSSR count). The Hall–Kier alpha value is -2.32. The van der Waals surface area contributed by atoms with Crippen molar-refractivity contribution in [3.05, 3.63) is 47.2 Å². The second-order valence-electron chi connectivity index (χ2n) is 6.49. The summed E-state index contributed by atoms with van der Waals surface area (Å²) in [6, 6.07) is 10.4. The average Bonchev–Trinajstić information content (AvgIpc) is 2.60. The quantitative estimate of drug-likeness (QED) is 0.664. The smallest absolute Gasteiger partial charge is 0.265 e. The highest BCUT2D eigenvalue weighted by Crippen LogP contribution is 2.16. The number of hydrogen-bond acceptors (Lipinski definition) is 4. The molecule has 0 atom stereocenters. The lowest BCUT2D eigenvalue weighted by Gasteiger charge is -2.34. The summed E-state index contributed by atoms with van der Waals surface area (Å²) >= 11 is 0. The number of aryl methyl sites for hydroxylation is 1. The van der Waals surface area contributed by atoms with Crippen molar-refractivity contribution in [2.24, 2.45) is 0 Å². The van der Waals surface area contributed by atoms with Crippen LogP contribution >= 0.6 is 0 Å². The summed E-state index contributed by atoms with van der Waals surface area (Å²) in [4.78, 5) is 16.5. The average molecular weight is 326 g/mol. The van der Waals surface area contributed by atoms with E-state index in [1.54, 1.807) is 11.9 Å². The van der Waals surface area contributed by atoms with E-state index in [0.717, 1.165) is 31.5 Å². The zero-order valence-corrected chi connectivity index (χ0v) is 14.7. The van der Waals surface area contributed by atoms with Crippen LogP contribution in [0.15, 0.2) is 36.0 Å². The Balaban J connectivity index is 1.92. The summed E-state index contributed by atoms with van der Waals surface area (Å²) in [6.45, 7) is 4.61. The molecule has 1 aromatic carbocycles. The first-order chi connectivity index (χ1) is 11.5. The first kappa shape index (κ1) is 18.0. The highest BCUT2D eigenvalue weighted by Gasteiger charge is 2.25. The van der Waals surface area contributed by atoms with Crippen LogP contribution in [0.5, 0.6) is 0 Å². The fraction of sp³-hybridized carbons (Fsp3) is 0.474. The summed E-state index contributed by atoms with van der Waals surface area (Å²) in [5.41, 5.74) is 2.48. The topological polar surface area (TPSA) is 59.4 Å². The van der Waals surface area contributed by atoms with Crippen molar-refractivity contribution < 1.29 is 4.79 Å².